The van der Waals surface area contributed by atoms with Crippen molar-refractivity contribution < 1.29 is 4.74 Å². The highest BCUT2D eigenvalue weighted by molar-refractivity contribution is 5.15. The van der Waals surface area contributed by atoms with Gasteiger partial charge in [-0.3, -0.25) is 0 Å². The zero-order valence-corrected chi connectivity index (χ0v) is 11.0. The molecule has 3 nitrogen and oxygen atoms in total. The summed E-state index contributed by atoms with van der Waals surface area (Å²) in [4.78, 5) is 4.33. The zero-order valence-electron chi connectivity index (χ0n) is 11.0. The Hall–Kier alpha value is -1.09. The van der Waals surface area contributed by atoms with Crippen molar-refractivity contribution in [2.24, 2.45) is 5.73 Å². The summed E-state index contributed by atoms with van der Waals surface area (Å²) in [6.07, 6.45) is 6.43. The van der Waals surface area contributed by atoms with Gasteiger partial charge in [-0.25, -0.2) is 4.98 Å². The van der Waals surface area contributed by atoms with Crippen LogP contribution in [-0.2, 0) is 6.54 Å². The summed E-state index contributed by atoms with van der Waals surface area (Å²) in [6, 6.07) is 5.74. The van der Waals surface area contributed by atoms with E-state index in [1.807, 2.05) is 18.2 Å². The number of rotatable bonds is 8. The van der Waals surface area contributed by atoms with Gasteiger partial charge >= 0.3 is 0 Å². The van der Waals surface area contributed by atoms with Crippen LogP contribution in [0, 0.1) is 0 Å². The van der Waals surface area contributed by atoms with Crippen LogP contribution in [0.2, 0.25) is 0 Å². The van der Waals surface area contributed by atoms with E-state index in [2.05, 4.69) is 18.8 Å². The molecule has 3 heteroatoms. The maximum absolute atomic E-state index is 5.77. The third kappa shape index (κ3) is 5.68. The van der Waals surface area contributed by atoms with Gasteiger partial charge in [-0.15, -0.1) is 0 Å². The molecule has 0 radical (unpaired) electrons. The first-order valence-electron chi connectivity index (χ1n) is 6.59. The van der Waals surface area contributed by atoms with E-state index >= 15 is 0 Å². The molecule has 96 valence electrons. The minimum absolute atomic E-state index is 0.229. The molecule has 0 saturated carbocycles. The second-order valence-electron chi connectivity index (χ2n) is 4.45. The third-order valence-electron chi connectivity index (χ3n) is 2.78. The average molecular weight is 236 g/mol. The minimum Gasteiger partial charge on any atom is -0.475 e. The summed E-state index contributed by atoms with van der Waals surface area (Å²) in [5, 5.41) is 0. The van der Waals surface area contributed by atoms with Gasteiger partial charge in [-0.1, -0.05) is 32.3 Å². The largest absolute Gasteiger partial charge is 0.475 e. The van der Waals surface area contributed by atoms with Crippen molar-refractivity contribution in [1.29, 1.82) is 0 Å². The van der Waals surface area contributed by atoms with Crippen molar-refractivity contribution in [2.45, 2.75) is 58.6 Å². The van der Waals surface area contributed by atoms with Gasteiger partial charge in [-0.05, 0) is 25.8 Å². The van der Waals surface area contributed by atoms with Crippen molar-refractivity contribution >= 4 is 0 Å². The molecule has 0 amide bonds. The van der Waals surface area contributed by atoms with Crippen LogP contribution < -0.4 is 10.5 Å². The van der Waals surface area contributed by atoms with E-state index in [9.17, 15) is 0 Å². The Morgan fingerprint density at radius 2 is 2.12 bits per heavy atom. The van der Waals surface area contributed by atoms with Gasteiger partial charge in [0.05, 0.1) is 11.8 Å². The van der Waals surface area contributed by atoms with Crippen molar-refractivity contribution in [3.63, 3.8) is 0 Å². The van der Waals surface area contributed by atoms with E-state index in [1.54, 1.807) is 0 Å². The van der Waals surface area contributed by atoms with Crippen molar-refractivity contribution in [3.8, 4) is 5.88 Å². The van der Waals surface area contributed by atoms with Crippen LogP contribution in [0.4, 0.5) is 0 Å². The number of ether oxygens (including phenoxy) is 1. The van der Waals surface area contributed by atoms with Crippen LogP contribution >= 0.6 is 0 Å². The highest BCUT2D eigenvalue weighted by Crippen LogP contribution is 2.13. The topological polar surface area (TPSA) is 48.1 Å². The van der Waals surface area contributed by atoms with E-state index in [4.69, 9.17) is 10.5 Å². The van der Waals surface area contributed by atoms with Gasteiger partial charge in [0.25, 0.3) is 0 Å². The Balaban J connectivity index is 2.31. The van der Waals surface area contributed by atoms with Gasteiger partial charge < -0.3 is 10.5 Å². The molecule has 1 aromatic rings. The molecule has 0 spiro atoms. The zero-order chi connectivity index (χ0) is 12.5. The highest BCUT2D eigenvalue weighted by Gasteiger charge is 2.05. The van der Waals surface area contributed by atoms with Crippen LogP contribution in [0.25, 0.3) is 0 Å². The molecule has 1 rings (SSSR count). The number of hydrogen-bond donors (Lipinski definition) is 1. The second-order valence-corrected chi connectivity index (χ2v) is 4.45. The SMILES string of the molecule is CCCCCCC(C)Oc1cccc(CN)n1. The summed E-state index contributed by atoms with van der Waals surface area (Å²) < 4.78 is 5.77. The number of aromatic nitrogens is 1. The number of nitrogens with zero attached hydrogens (tertiary/aromatic N) is 1. The van der Waals surface area contributed by atoms with Gasteiger partial charge in [0, 0.05) is 12.6 Å². The Morgan fingerprint density at radius 1 is 1.29 bits per heavy atom. The molecule has 1 aromatic heterocycles. The summed E-state index contributed by atoms with van der Waals surface area (Å²) in [7, 11) is 0. The summed E-state index contributed by atoms with van der Waals surface area (Å²) >= 11 is 0. The molecule has 2 N–H and O–H groups in total. The number of nitrogens with two attached hydrogens (primary N) is 1. The Kier molecular flexibility index (Phi) is 6.63. The lowest BCUT2D eigenvalue weighted by Gasteiger charge is -2.14. The molecule has 1 unspecified atom stereocenters. The monoisotopic (exact) mass is 236 g/mol. The summed E-state index contributed by atoms with van der Waals surface area (Å²) in [6.45, 7) is 4.78. The Labute approximate surface area is 104 Å². The van der Waals surface area contributed by atoms with Crippen LogP contribution in [-0.4, -0.2) is 11.1 Å². The molecule has 1 heterocycles. The molecular weight excluding hydrogens is 212 g/mol. The van der Waals surface area contributed by atoms with E-state index in [1.165, 1.54) is 25.7 Å². The number of unbranched alkanes of at least 4 members (excludes halogenated alkanes) is 3. The molecule has 17 heavy (non-hydrogen) atoms. The standard InChI is InChI=1S/C14H24N2O/c1-3-4-5-6-8-12(2)17-14-10-7-9-13(11-15)16-14/h7,9-10,12H,3-6,8,11,15H2,1-2H3. The average Bonchev–Trinajstić information content (AvgIpc) is 2.35. The minimum atomic E-state index is 0.229. The molecule has 1 atom stereocenters. The number of pyridine rings is 1. The molecular formula is C14H24N2O. The lowest BCUT2D eigenvalue weighted by Crippen LogP contribution is -2.13. The van der Waals surface area contributed by atoms with Crippen molar-refractivity contribution in [2.75, 3.05) is 0 Å². The smallest absolute Gasteiger partial charge is 0.213 e. The van der Waals surface area contributed by atoms with Crippen LogP contribution in [0.5, 0.6) is 5.88 Å². The van der Waals surface area contributed by atoms with Gasteiger partial charge in [0.15, 0.2) is 0 Å². The molecule has 0 saturated heterocycles. The fourth-order valence-electron chi connectivity index (χ4n) is 1.76. The van der Waals surface area contributed by atoms with E-state index < -0.39 is 0 Å². The number of hydrogen-bond acceptors (Lipinski definition) is 3. The maximum Gasteiger partial charge on any atom is 0.213 e. The normalized spacial score (nSPS) is 12.4. The predicted octanol–water partition coefficient (Wildman–Crippen LogP) is 3.28. The highest BCUT2D eigenvalue weighted by atomic mass is 16.5. The van der Waals surface area contributed by atoms with Crippen LogP contribution in [0.1, 0.15) is 51.6 Å². The molecule has 0 fully saturated rings. The predicted molar refractivity (Wildman–Crippen MR) is 71.0 cm³/mol. The molecule has 0 aromatic carbocycles. The molecule has 0 bridgehead atoms. The molecule has 0 aliphatic rings. The van der Waals surface area contributed by atoms with E-state index in [0.717, 1.165) is 12.1 Å². The second kappa shape index (κ2) is 8.07. The summed E-state index contributed by atoms with van der Waals surface area (Å²) in [5.74, 6) is 0.691. The fourth-order valence-corrected chi connectivity index (χ4v) is 1.76. The van der Waals surface area contributed by atoms with Crippen LogP contribution in [0.15, 0.2) is 18.2 Å². The van der Waals surface area contributed by atoms with Crippen LogP contribution in [0.3, 0.4) is 0 Å². The molecule has 0 aliphatic heterocycles. The molecule has 0 aliphatic carbocycles. The lowest BCUT2D eigenvalue weighted by molar-refractivity contribution is 0.198. The van der Waals surface area contributed by atoms with Crippen molar-refractivity contribution in [1.82, 2.24) is 4.98 Å². The Bertz CT molecular complexity index is 315. The van der Waals surface area contributed by atoms with E-state index in [-0.39, 0.29) is 6.10 Å². The fraction of sp³-hybridized carbons (Fsp3) is 0.643. The quantitative estimate of drug-likeness (QED) is 0.705. The maximum atomic E-state index is 5.77. The first kappa shape index (κ1) is 14.0. The first-order chi connectivity index (χ1) is 8.26. The van der Waals surface area contributed by atoms with Gasteiger partial charge in [0.2, 0.25) is 5.88 Å². The van der Waals surface area contributed by atoms with Gasteiger partial charge in [0.1, 0.15) is 0 Å². The third-order valence-corrected chi connectivity index (χ3v) is 2.78. The summed E-state index contributed by atoms with van der Waals surface area (Å²) in [5.41, 5.74) is 6.42. The first-order valence-corrected chi connectivity index (χ1v) is 6.59. The van der Waals surface area contributed by atoms with Crippen molar-refractivity contribution in [3.05, 3.63) is 23.9 Å². The lowest BCUT2D eigenvalue weighted by atomic mass is 10.1. The van der Waals surface area contributed by atoms with E-state index in [0.29, 0.717) is 12.4 Å². The Morgan fingerprint density at radius 3 is 2.82 bits per heavy atom. The van der Waals surface area contributed by atoms with Gasteiger partial charge in [-0.2, -0.15) is 0 Å².